The highest BCUT2D eigenvalue weighted by Gasteiger charge is 2.26. The average molecular weight is 426 g/mol. The van der Waals surface area contributed by atoms with Crippen molar-refractivity contribution in [1.29, 1.82) is 0 Å². The lowest BCUT2D eigenvalue weighted by molar-refractivity contribution is -0.117. The third-order valence-corrected chi connectivity index (χ3v) is 5.98. The zero-order valence-corrected chi connectivity index (χ0v) is 17.2. The number of anilines is 1. The van der Waals surface area contributed by atoms with Crippen LogP contribution >= 0.6 is 0 Å². The van der Waals surface area contributed by atoms with Crippen molar-refractivity contribution >= 4 is 21.4 Å². The third kappa shape index (κ3) is 5.74. The zero-order chi connectivity index (χ0) is 21.6. The molecular formula is C20H24F2N2O4S. The Morgan fingerprint density at radius 3 is 2.38 bits per heavy atom. The van der Waals surface area contributed by atoms with Crippen molar-refractivity contribution in [3.05, 3.63) is 54.1 Å². The average Bonchev–Trinajstić information content (AvgIpc) is 2.71. The summed E-state index contributed by atoms with van der Waals surface area (Å²) in [7, 11) is -3.07. The Kier molecular flexibility index (Phi) is 7.69. The highest BCUT2D eigenvalue weighted by Crippen LogP contribution is 2.24. The molecule has 0 aliphatic carbocycles. The van der Waals surface area contributed by atoms with E-state index in [2.05, 4.69) is 5.32 Å². The Morgan fingerprint density at radius 1 is 1.17 bits per heavy atom. The number of methoxy groups -OCH3 is 1. The fourth-order valence-corrected chi connectivity index (χ4v) is 3.57. The highest BCUT2D eigenvalue weighted by atomic mass is 32.2. The summed E-state index contributed by atoms with van der Waals surface area (Å²) >= 11 is 0. The van der Waals surface area contributed by atoms with E-state index < -0.39 is 20.5 Å². The molecule has 2 aromatic rings. The molecular weight excluding hydrogens is 402 g/mol. The number of amides is 1. The number of hydrogen-bond acceptors (Lipinski definition) is 5. The van der Waals surface area contributed by atoms with Gasteiger partial charge in [0.05, 0.1) is 18.6 Å². The van der Waals surface area contributed by atoms with Gasteiger partial charge < -0.3 is 10.1 Å². The monoisotopic (exact) mass is 426 g/mol. The first kappa shape index (κ1) is 22.8. The Labute approximate surface area is 169 Å². The summed E-state index contributed by atoms with van der Waals surface area (Å²) in [6, 6.07) is 12.2. The fraction of sp³-hybridized carbons (Fsp3) is 0.350. The number of likely N-dealkylation sites (N-methyl/N-ethyl adjacent to an activating group) is 1. The smallest absolute Gasteiger partial charge is 0.341 e. The van der Waals surface area contributed by atoms with Gasteiger partial charge in [0.1, 0.15) is 5.75 Å². The number of carbonyl (C=O) groups excluding carboxylic acids is 1. The van der Waals surface area contributed by atoms with E-state index in [9.17, 15) is 22.0 Å². The standard InChI is InChI=1S/C20H24F2N2O4S/c1-4-24(14(2)15-6-5-7-17(12-15)28-3)13-19(25)23-16-8-10-18(11-9-16)29(26,27)20(21)22/h5-12,14,20H,4,13H2,1-3H3,(H,23,25). The molecule has 0 fully saturated rings. The number of nitrogens with one attached hydrogen (secondary N) is 1. The first-order chi connectivity index (χ1) is 13.7. The Bertz CT molecular complexity index is 934. The van der Waals surface area contributed by atoms with E-state index in [4.69, 9.17) is 4.74 Å². The molecule has 0 bridgehead atoms. The number of rotatable bonds is 9. The van der Waals surface area contributed by atoms with Gasteiger partial charge in [-0.1, -0.05) is 19.1 Å². The van der Waals surface area contributed by atoms with E-state index >= 15 is 0 Å². The summed E-state index contributed by atoms with van der Waals surface area (Å²) in [4.78, 5) is 13.9. The summed E-state index contributed by atoms with van der Waals surface area (Å²) in [6.45, 7) is 4.65. The van der Waals surface area contributed by atoms with Crippen LogP contribution in [0.2, 0.25) is 0 Å². The summed E-state index contributed by atoms with van der Waals surface area (Å²) < 4.78 is 53.3. The van der Waals surface area contributed by atoms with Crippen LogP contribution in [0.5, 0.6) is 5.75 Å². The van der Waals surface area contributed by atoms with E-state index in [0.717, 1.165) is 23.4 Å². The van der Waals surface area contributed by atoms with Crippen molar-refractivity contribution in [3.63, 3.8) is 0 Å². The number of ether oxygens (including phenoxy) is 1. The van der Waals surface area contributed by atoms with Gasteiger partial charge in [0.2, 0.25) is 15.7 Å². The molecule has 9 heteroatoms. The molecule has 0 saturated carbocycles. The van der Waals surface area contributed by atoms with Crippen LogP contribution in [0.4, 0.5) is 14.5 Å². The second kappa shape index (κ2) is 9.80. The topological polar surface area (TPSA) is 75.7 Å². The minimum atomic E-state index is -4.66. The normalized spacial score (nSPS) is 12.8. The maximum Gasteiger partial charge on any atom is 0.341 e. The zero-order valence-electron chi connectivity index (χ0n) is 16.4. The van der Waals surface area contributed by atoms with Crippen LogP contribution in [0.15, 0.2) is 53.4 Å². The second-order valence-electron chi connectivity index (χ2n) is 6.39. The van der Waals surface area contributed by atoms with E-state index in [1.807, 2.05) is 43.0 Å². The van der Waals surface area contributed by atoms with Crippen LogP contribution in [0, 0.1) is 0 Å². The minimum Gasteiger partial charge on any atom is -0.497 e. The lowest BCUT2D eigenvalue weighted by Gasteiger charge is -2.27. The molecule has 0 heterocycles. The Balaban J connectivity index is 2.04. The Hall–Kier alpha value is -2.52. The molecule has 0 aromatic heterocycles. The molecule has 1 amide bonds. The minimum absolute atomic E-state index is 0.0422. The maximum atomic E-state index is 12.6. The van der Waals surface area contributed by atoms with Gasteiger partial charge in [-0.15, -0.1) is 0 Å². The number of alkyl halides is 2. The molecule has 0 spiro atoms. The molecule has 158 valence electrons. The van der Waals surface area contributed by atoms with Gasteiger partial charge in [0, 0.05) is 11.7 Å². The molecule has 0 radical (unpaired) electrons. The van der Waals surface area contributed by atoms with Crippen molar-refractivity contribution < 1.29 is 26.7 Å². The first-order valence-electron chi connectivity index (χ1n) is 8.99. The predicted octanol–water partition coefficient (Wildman–Crippen LogP) is 3.71. The SMILES string of the molecule is CCN(CC(=O)Nc1ccc(S(=O)(=O)C(F)F)cc1)C(C)c1cccc(OC)c1. The van der Waals surface area contributed by atoms with Crippen molar-refractivity contribution in [2.45, 2.75) is 30.5 Å². The molecule has 6 nitrogen and oxygen atoms in total. The summed E-state index contributed by atoms with van der Waals surface area (Å²) in [6.07, 6.45) is 0. The molecule has 0 aliphatic rings. The van der Waals surface area contributed by atoms with Crippen LogP contribution < -0.4 is 10.1 Å². The number of sulfone groups is 1. The first-order valence-corrected chi connectivity index (χ1v) is 10.5. The molecule has 29 heavy (non-hydrogen) atoms. The van der Waals surface area contributed by atoms with Crippen LogP contribution in [0.25, 0.3) is 0 Å². The number of benzene rings is 2. The number of halogens is 2. The quantitative estimate of drug-likeness (QED) is 0.662. The summed E-state index contributed by atoms with van der Waals surface area (Å²) in [5.74, 6) is -3.06. The molecule has 0 saturated heterocycles. The van der Waals surface area contributed by atoms with Gasteiger partial charge in [-0.3, -0.25) is 9.69 Å². The number of hydrogen-bond donors (Lipinski definition) is 1. The second-order valence-corrected chi connectivity index (χ2v) is 8.31. The van der Waals surface area contributed by atoms with Crippen LogP contribution in [0.1, 0.15) is 25.5 Å². The van der Waals surface area contributed by atoms with Gasteiger partial charge in [-0.05, 0) is 55.4 Å². The van der Waals surface area contributed by atoms with E-state index in [0.29, 0.717) is 12.2 Å². The molecule has 2 aromatic carbocycles. The summed E-state index contributed by atoms with van der Waals surface area (Å²) in [5.41, 5.74) is 1.33. The fourth-order valence-electron chi connectivity index (χ4n) is 2.85. The molecule has 2 rings (SSSR count). The van der Waals surface area contributed by atoms with Gasteiger partial charge in [0.25, 0.3) is 0 Å². The van der Waals surface area contributed by atoms with E-state index in [1.165, 1.54) is 12.1 Å². The van der Waals surface area contributed by atoms with Crippen molar-refractivity contribution in [2.75, 3.05) is 25.5 Å². The van der Waals surface area contributed by atoms with Gasteiger partial charge in [-0.2, -0.15) is 8.78 Å². The van der Waals surface area contributed by atoms with Crippen LogP contribution in [-0.4, -0.2) is 45.2 Å². The number of carbonyl (C=O) groups is 1. The molecule has 1 atom stereocenters. The van der Waals surface area contributed by atoms with Gasteiger partial charge >= 0.3 is 5.76 Å². The molecule has 1 unspecified atom stereocenters. The van der Waals surface area contributed by atoms with Crippen molar-refractivity contribution in [1.82, 2.24) is 4.90 Å². The van der Waals surface area contributed by atoms with Gasteiger partial charge in [0.15, 0.2) is 0 Å². The largest absolute Gasteiger partial charge is 0.497 e. The molecule has 0 aliphatic heterocycles. The lowest BCUT2D eigenvalue weighted by atomic mass is 10.1. The maximum absolute atomic E-state index is 12.6. The Morgan fingerprint density at radius 2 is 1.83 bits per heavy atom. The van der Waals surface area contributed by atoms with Gasteiger partial charge in [-0.25, -0.2) is 8.42 Å². The van der Waals surface area contributed by atoms with Crippen molar-refractivity contribution in [2.24, 2.45) is 0 Å². The third-order valence-electron chi connectivity index (χ3n) is 4.58. The van der Waals surface area contributed by atoms with Crippen LogP contribution in [-0.2, 0) is 14.6 Å². The highest BCUT2D eigenvalue weighted by molar-refractivity contribution is 7.91. The van der Waals surface area contributed by atoms with E-state index in [1.54, 1.807) is 7.11 Å². The lowest BCUT2D eigenvalue weighted by Crippen LogP contribution is -2.35. The molecule has 1 N–H and O–H groups in total. The summed E-state index contributed by atoms with van der Waals surface area (Å²) in [5, 5.41) is 2.66. The predicted molar refractivity (Wildman–Crippen MR) is 107 cm³/mol. The van der Waals surface area contributed by atoms with E-state index in [-0.39, 0.29) is 18.5 Å². The number of nitrogens with zero attached hydrogens (tertiary/aromatic N) is 1. The van der Waals surface area contributed by atoms with Crippen LogP contribution in [0.3, 0.4) is 0 Å². The van der Waals surface area contributed by atoms with Crippen molar-refractivity contribution in [3.8, 4) is 5.75 Å².